The summed E-state index contributed by atoms with van der Waals surface area (Å²) in [4.78, 5) is 31.2. The van der Waals surface area contributed by atoms with E-state index in [0.29, 0.717) is 48.8 Å². The first kappa shape index (κ1) is 19.0. The normalized spacial score (nSPS) is 20.5. The van der Waals surface area contributed by atoms with Gasteiger partial charge in [-0.1, -0.05) is 12.1 Å². The fourth-order valence-electron chi connectivity index (χ4n) is 3.98. The number of azo groups is 1. The van der Waals surface area contributed by atoms with Crippen LogP contribution in [0.2, 0.25) is 0 Å². The summed E-state index contributed by atoms with van der Waals surface area (Å²) >= 11 is 1.51. The molecule has 2 amide bonds. The third-order valence-electron chi connectivity index (χ3n) is 5.30. The van der Waals surface area contributed by atoms with Gasteiger partial charge in [-0.2, -0.15) is 10.2 Å². The third-order valence-corrected chi connectivity index (χ3v) is 6.38. The minimum Gasteiger partial charge on any atom is -0.379 e. The number of thiazole rings is 1. The number of ketones is 1. The van der Waals surface area contributed by atoms with Gasteiger partial charge < -0.3 is 10.1 Å². The number of amides is 2. The van der Waals surface area contributed by atoms with E-state index in [1.165, 1.54) is 11.3 Å². The first-order chi connectivity index (χ1) is 14.5. The van der Waals surface area contributed by atoms with Crippen molar-refractivity contribution in [2.24, 2.45) is 10.2 Å². The molecule has 30 heavy (non-hydrogen) atoms. The summed E-state index contributed by atoms with van der Waals surface area (Å²) in [6.07, 6.45) is 0. The number of fused-ring (bicyclic) bond motifs is 3. The van der Waals surface area contributed by atoms with Gasteiger partial charge >= 0.3 is 6.03 Å². The van der Waals surface area contributed by atoms with E-state index < -0.39 is 6.04 Å². The zero-order chi connectivity index (χ0) is 20.8. The van der Waals surface area contributed by atoms with E-state index in [1.807, 2.05) is 26.0 Å². The predicted octanol–water partition coefficient (Wildman–Crippen LogP) is 3.24. The van der Waals surface area contributed by atoms with Gasteiger partial charge in [-0.15, -0.1) is 11.3 Å². The Morgan fingerprint density at radius 2 is 2.07 bits per heavy atom. The Labute approximate surface area is 176 Å². The van der Waals surface area contributed by atoms with E-state index in [-0.39, 0.29) is 11.8 Å². The van der Waals surface area contributed by atoms with Crippen molar-refractivity contribution in [2.75, 3.05) is 31.6 Å². The largest absolute Gasteiger partial charge is 0.379 e. The monoisotopic (exact) mass is 424 g/mol. The Morgan fingerprint density at radius 3 is 2.80 bits per heavy atom. The molecule has 1 atom stereocenters. The average molecular weight is 424 g/mol. The molecular formula is C20H20N6O3S. The Kier molecular flexibility index (Phi) is 4.69. The number of rotatable bonds is 3. The Balaban J connectivity index is 1.45. The van der Waals surface area contributed by atoms with Crippen LogP contribution in [-0.4, -0.2) is 48.1 Å². The van der Waals surface area contributed by atoms with Gasteiger partial charge in [0, 0.05) is 13.1 Å². The van der Waals surface area contributed by atoms with Crippen LogP contribution >= 0.6 is 11.3 Å². The second-order valence-electron chi connectivity index (χ2n) is 7.29. The summed E-state index contributed by atoms with van der Waals surface area (Å²) in [6, 6.07) is 4.58. The molecule has 1 aromatic heterocycles. The van der Waals surface area contributed by atoms with Crippen molar-refractivity contribution in [1.82, 2.24) is 15.4 Å². The van der Waals surface area contributed by atoms with Crippen LogP contribution in [0, 0.1) is 13.8 Å². The smallest absolute Gasteiger partial charge is 0.333 e. The molecule has 2 aromatic rings. The highest BCUT2D eigenvalue weighted by molar-refractivity contribution is 7.12. The number of ether oxygens (including phenoxy) is 1. The molecule has 1 fully saturated rings. The van der Waals surface area contributed by atoms with E-state index in [9.17, 15) is 9.59 Å². The number of carbonyl (C=O) groups is 2. The summed E-state index contributed by atoms with van der Waals surface area (Å²) in [6.45, 7) is 6.21. The van der Waals surface area contributed by atoms with Crippen molar-refractivity contribution in [3.63, 3.8) is 0 Å². The first-order valence-corrected chi connectivity index (χ1v) is 10.5. The molecule has 154 valence electrons. The third kappa shape index (κ3) is 3.13. The lowest BCUT2D eigenvalue weighted by atomic mass is 10.1. The fraction of sp³-hybridized carbons (Fsp3) is 0.350. The summed E-state index contributed by atoms with van der Waals surface area (Å²) in [7, 11) is 0. The van der Waals surface area contributed by atoms with Crippen LogP contribution in [0.25, 0.3) is 5.70 Å². The molecule has 0 bridgehead atoms. The number of nitrogens with one attached hydrogen (secondary N) is 2. The topological polar surface area (TPSA) is 108 Å². The zero-order valence-electron chi connectivity index (χ0n) is 16.6. The lowest BCUT2D eigenvalue weighted by Crippen LogP contribution is -2.49. The summed E-state index contributed by atoms with van der Waals surface area (Å²) < 4.78 is 5.29. The van der Waals surface area contributed by atoms with Gasteiger partial charge in [0.1, 0.15) is 11.7 Å². The van der Waals surface area contributed by atoms with Gasteiger partial charge in [0.25, 0.3) is 0 Å². The Hall–Kier alpha value is -2.95. The molecule has 1 aromatic carbocycles. The number of benzene rings is 1. The number of aromatic nitrogens is 1. The quantitative estimate of drug-likeness (QED) is 0.786. The highest BCUT2D eigenvalue weighted by Crippen LogP contribution is 2.49. The van der Waals surface area contributed by atoms with Crippen LogP contribution in [0.1, 0.15) is 37.5 Å². The van der Waals surface area contributed by atoms with Crippen molar-refractivity contribution in [1.29, 1.82) is 0 Å². The SMILES string of the molecule is Cc1nc(C)c(C2=C3C(=O)c4c(NC(=O)NN5CCOCC5)cccc4C3N=N2)s1. The molecule has 1 unspecified atom stereocenters. The molecule has 1 aliphatic carbocycles. The fourth-order valence-corrected chi connectivity index (χ4v) is 4.90. The van der Waals surface area contributed by atoms with Gasteiger partial charge in [0.2, 0.25) is 0 Å². The minimum absolute atomic E-state index is 0.150. The molecule has 2 N–H and O–H groups in total. The number of hydrogen-bond donors (Lipinski definition) is 2. The molecule has 2 aliphatic heterocycles. The standard InChI is InChI=1S/C20H20N6O3S/c1-10-19(30-11(2)21-10)17-15-16(23-24-17)12-4-3-5-13(14(12)18(15)27)22-20(28)25-26-6-8-29-9-7-26/h3-5,16H,6-9H2,1-2H3,(H2,22,25,28). The molecule has 3 aliphatic rings. The van der Waals surface area contributed by atoms with Crippen LogP contribution in [-0.2, 0) is 4.74 Å². The van der Waals surface area contributed by atoms with E-state index in [2.05, 4.69) is 26.0 Å². The van der Waals surface area contributed by atoms with Gasteiger partial charge in [-0.05, 0) is 25.5 Å². The van der Waals surface area contributed by atoms with Gasteiger partial charge in [0.05, 0.1) is 45.6 Å². The van der Waals surface area contributed by atoms with Crippen LogP contribution in [0.4, 0.5) is 10.5 Å². The van der Waals surface area contributed by atoms with Crippen LogP contribution < -0.4 is 10.7 Å². The average Bonchev–Trinajstić information content (AvgIpc) is 3.37. The van der Waals surface area contributed by atoms with Crippen molar-refractivity contribution in [3.8, 4) is 0 Å². The lowest BCUT2D eigenvalue weighted by molar-refractivity contribution is 0.0207. The van der Waals surface area contributed by atoms with E-state index in [0.717, 1.165) is 21.1 Å². The molecule has 1 saturated heterocycles. The van der Waals surface area contributed by atoms with E-state index >= 15 is 0 Å². The number of hydrogen-bond acceptors (Lipinski definition) is 8. The molecule has 10 heteroatoms. The van der Waals surface area contributed by atoms with Gasteiger partial charge in [-0.3, -0.25) is 10.2 Å². The van der Waals surface area contributed by atoms with Gasteiger partial charge in [0.15, 0.2) is 5.78 Å². The van der Waals surface area contributed by atoms with Gasteiger partial charge in [-0.25, -0.2) is 14.8 Å². The number of urea groups is 1. The predicted molar refractivity (Wildman–Crippen MR) is 111 cm³/mol. The van der Waals surface area contributed by atoms with Crippen molar-refractivity contribution in [2.45, 2.75) is 19.9 Å². The summed E-state index contributed by atoms with van der Waals surface area (Å²) in [5.74, 6) is -0.150. The lowest BCUT2D eigenvalue weighted by Gasteiger charge is -2.27. The molecule has 0 radical (unpaired) electrons. The molecular weight excluding hydrogens is 404 g/mol. The zero-order valence-corrected chi connectivity index (χ0v) is 17.4. The van der Waals surface area contributed by atoms with E-state index in [1.54, 1.807) is 11.1 Å². The highest BCUT2D eigenvalue weighted by atomic mass is 32.1. The number of Topliss-reactive ketones (excluding diaryl/α,β-unsaturated/α-hetero) is 1. The molecule has 0 saturated carbocycles. The second kappa shape index (κ2) is 7.38. The number of anilines is 1. The number of carbonyl (C=O) groups excluding carboxylic acids is 2. The number of aryl methyl sites for hydroxylation is 2. The summed E-state index contributed by atoms with van der Waals surface area (Å²) in [5, 5.41) is 14.2. The number of nitrogens with zero attached hydrogens (tertiary/aromatic N) is 4. The maximum atomic E-state index is 13.4. The maximum Gasteiger partial charge on any atom is 0.333 e. The molecule has 5 rings (SSSR count). The molecule has 9 nitrogen and oxygen atoms in total. The molecule has 3 heterocycles. The van der Waals surface area contributed by atoms with Crippen molar-refractivity contribution < 1.29 is 14.3 Å². The maximum absolute atomic E-state index is 13.4. The van der Waals surface area contributed by atoms with Crippen molar-refractivity contribution in [3.05, 3.63) is 50.5 Å². The summed E-state index contributed by atoms with van der Waals surface area (Å²) in [5.41, 5.74) is 6.49. The van der Waals surface area contributed by atoms with Crippen LogP contribution in [0.5, 0.6) is 0 Å². The number of morpholine rings is 1. The first-order valence-electron chi connectivity index (χ1n) is 9.70. The minimum atomic E-state index is -0.437. The van der Waals surface area contributed by atoms with Crippen LogP contribution in [0.15, 0.2) is 34.0 Å². The number of hydrazine groups is 1. The Bertz CT molecular complexity index is 1120. The second-order valence-corrected chi connectivity index (χ2v) is 8.50. The van der Waals surface area contributed by atoms with Crippen molar-refractivity contribution >= 4 is 34.5 Å². The Morgan fingerprint density at radius 1 is 1.27 bits per heavy atom. The van der Waals surface area contributed by atoms with E-state index in [4.69, 9.17) is 4.74 Å². The highest BCUT2D eigenvalue weighted by Gasteiger charge is 2.43. The molecule has 0 spiro atoms. The van der Waals surface area contributed by atoms with Crippen LogP contribution in [0.3, 0.4) is 0 Å².